The summed E-state index contributed by atoms with van der Waals surface area (Å²) in [6.45, 7) is 0. The van der Waals surface area contributed by atoms with Crippen LogP contribution < -0.4 is 5.63 Å². The Morgan fingerprint density at radius 2 is 1.95 bits per heavy atom. The van der Waals surface area contributed by atoms with Crippen LogP contribution in [0.5, 0.6) is 11.5 Å². The first-order chi connectivity index (χ1) is 9.65. The van der Waals surface area contributed by atoms with Crippen molar-refractivity contribution in [1.82, 2.24) is 4.98 Å². The number of rotatable bonds is 2. The molecule has 0 aliphatic heterocycles. The van der Waals surface area contributed by atoms with Gasteiger partial charge in [-0.1, -0.05) is 18.2 Å². The van der Waals surface area contributed by atoms with Crippen molar-refractivity contribution in [3.63, 3.8) is 0 Å². The molecule has 3 aromatic rings. The highest BCUT2D eigenvalue weighted by Crippen LogP contribution is 2.23. The minimum Gasteiger partial charge on any atom is -0.504 e. The van der Waals surface area contributed by atoms with Crippen molar-refractivity contribution in [3.8, 4) is 11.5 Å². The van der Waals surface area contributed by atoms with Crippen LogP contribution in [0.1, 0.15) is 11.3 Å². The molecule has 0 radical (unpaired) electrons. The number of hydrogen-bond donors (Lipinski definition) is 3. The van der Waals surface area contributed by atoms with Gasteiger partial charge in [0.05, 0.1) is 0 Å². The lowest BCUT2D eigenvalue weighted by Gasteiger charge is -1.97. The normalized spacial score (nSPS) is 11.4. The van der Waals surface area contributed by atoms with E-state index < -0.39 is 17.1 Å². The van der Waals surface area contributed by atoms with E-state index >= 15 is 0 Å². The Kier molecular flexibility index (Phi) is 2.80. The third-order valence-corrected chi connectivity index (χ3v) is 2.97. The lowest BCUT2D eigenvalue weighted by molar-refractivity contribution is 0.362. The van der Waals surface area contributed by atoms with Crippen molar-refractivity contribution in [2.75, 3.05) is 0 Å². The van der Waals surface area contributed by atoms with Gasteiger partial charge in [0, 0.05) is 23.2 Å². The molecule has 0 saturated carbocycles. The highest BCUT2D eigenvalue weighted by atomic mass is 16.4. The molecule has 20 heavy (non-hydrogen) atoms. The second-order valence-corrected chi connectivity index (χ2v) is 4.29. The summed E-state index contributed by atoms with van der Waals surface area (Å²) in [4.78, 5) is 14.3. The lowest BCUT2D eigenvalue weighted by atomic mass is 10.1. The van der Waals surface area contributed by atoms with E-state index in [0.29, 0.717) is 0 Å². The van der Waals surface area contributed by atoms with Gasteiger partial charge in [-0.3, -0.25) is 0 Å². The highest BCUT2D eigenvalue weighted by molar-refractivity contribution is 5.91. The minimum atomic E-state index is -0.969. The summed E-state index contributed by atoms with van der Waals surface area (Å²) in [5.41, 5.74) is 0.960. The predicted octanol–water partition coefficient (Wildman–Crippen LogP) is 2.70. The monoisotopic (exact) mass is 269 g/mol. The number of aromatic hydroxyl groups is 2. The highest BCUT2D eigenvalue weighted by Gasteiger charge is 2.07. The Hall–Kier alpha value is -2.95. The summed E-state index contributed by atoms with van der Waals surface area (Å²) in [6, 6.07) is 8.97. The Morgan fingerprint density at radius 1 is 1.15 bits per heavy atom. The van der Waals surface area contributed by atoms with E-state index in [-0.39, 0.29) is 5.76 Å². The average molecular weight is 269 g/mol. The summed E-state index contributed by atoms with van der Waals surface area (Å²) >= 11 is 0. The lowest BCUT2D eigenvalue weighted by Crippen LogP contribution is -1.98. The van der Waals surface area contributed by atoms with Gasteiger partial charge >= 0.3 is 5.63 Å². The van der Waals surface area contributed by atoms with Gasteiger partial charge in [0.25, 0.3) is 0 Å². The third kappa shape index (κ3) is 2.05. The largest absolute Gasteiger partial charge is 0.504 e. The van der Waals surface area contributed by atoms with Crippen molar-refractivity contribution in [1.29, 1.82) is 0 Å². The molecule has 0 unspecified atom stereocenters. The maximum Gasteiger partial charge on any atom is 0.382 e. The fraction of sp³-hybridized carbons (Fsp3) is 0. The molecule has 0 atom stereocenters. The molecule has 2 aromatic heterocycles. The van der Waals surface area contributed by atoms with Crippen LogP contribution in [0.3, 0.4) is 0 Å². The molecule has 0 spiro atoms. The van der Waals surface area contributed by atoms with Gasteiger partial charge in [-0.15, -0.1) is 0 Å². The van der Waals surface area contributed by atoms with Crippen LogP contribution in [0.2, 0.25) is 0 Å². The van der Waals surface area contributed by atoms with E-state index in [9.17, 15) is 9.90 Å². The quantitative estimate of drug-likeness (QED) is 0.667. The topological polar surface area (TPSA) is 86.5 Å². The Labute approximate surface area is 113 Å². The van der Waals surface area contributed by atoms with Gasteiger partial charge in [0.15, 0.2) is 5.75 Å². The van der Waals surface area contributed by atoms with Gasteiger partial charge in [0.2, 0.25) is 5.75 Å². The first-order valence-electron chi connectivity index (χ1n) is 5.95. The fourth-order valence-corrected chi connectivity index (χ4v) is 1.98. The van der Waals surface area contributed by atoms with E-state index in [4.69, 9.17) is 9.52 Å². The molecule has 1 aromatic carbocycles. The van der Waals surface area contributed by atoms with Gasteiger partial charge in [0.1, 0.15) is 5.76 Å². The van der Waals surface area contributed by atoms with Gasteiger partial charge in [-0.25, -0.2) is 4.79 Å². The van der Waals surface area contributed by atoms with Crippen LogP contribution >= 0.6 is 0 Å². The van der Waals surface area contributed by atoms with Crippen molar-refractivity contribution in [3.05, 3.63) is 58.3 Å². The molecule has 0 aliphatic rings. The zero-order valence-corrected chi connectivity index (χ0v) is 10.3. The first-order valence-corrected chi connectivity index (χ1v) is 5.95. The van der Waals surface area contributed by atoms with Crippen molar-refractivity contribution >= 4 is 23.1 Å². The van der Waals surface area contributed by atoms with Crippen LogP contribution in [0.15, 0.2) is 45.7 Å². The van der Waals surface area contributed by atoms with Crippen LogP contribution in [-0.2, 0) is 0 Å². The molecule has 3 N–H and O–H groups in total. The number of nitrogens with one attached hydrogen (secondary N) is 1. The van der Waals surface area contributed by atoms with Crippen LogP contribution in [0, 0.1) is 0 Å². The molecular weight excluding hydrogens is 258 g/mol. The summed E-state index contributed by atoms with van der Waals surface area (Å²) in [6.07, 6.45) is 5.14. The molecule has 0 fully saturated rings. The maximum absolute atomic E-state index is 11.2. The smallest absolute Gasteiger partial charge is 0.382 e. The molecule has 0 aliphatic carbocycles. The van der Waals surface area contributed by atoms with Crippen molar-refractivity contribution < 1.29 is 14.6 Å². The van der Waals surface area contributed by atoms with Crippen LogP contribution in [-0.4, -0.2) is 15.2 Å². The molecule has 0 bridgehead atoms. The second kappa shape index (κ2) is 4.62. The molecule has 2 heterocycles. The summed E-state index contributed by atoms with van der Waals surface area (Å²) in [5, 5.41) is 19.5. The van der Waals surface area contributed by atoms with Gasteiger partial charge in [-0.05, 0) is 23.8 Å². The maximum atomic E-state index is 11.2. The molecule has 100 valence electrons. The molecular formula is C15H11NO4. The number of benzene rings is 1. The third-order valence-electron chi connectivity index (χ3n) is 2.97. The Bertz CT molecular complexity index is 858. The average Bonchev–Trinajstić information content (AvgIpc) is 2.85. The fourth-order valence-electron chi connectivity index (χ4n) is 1.98. The predicted molar refractivity (Wildman–Crippen MR) is 75.5 cm³/mol. The number of aromatic nitrogens is 1. The number of fused-ring (bicyclic) bond motifs is 1. The molecule has 5 nitrogen and oxygen atoms in total. The Morgan fingerprint density at radius 3 is 2.75 bits per heavy atom. The first kappa shape index (κ1) is 12.1. The second-order valence-electron chi connectivity index (χ2n) is 4.29. The Balaban J connectivity index is 2.00. The van der Waals surface area contributed by atoms with Gasteiger partial charge < -0.3 is 19.6 Å². The van der Waals surface area contributed by atoms with E-state index in [1.54, 1.807) is 12.2 Å². The summed E-state index contributed by atoms with van der Waals surface area (Å²) < 4.78 is 4.84. The van der Waals surface area contributed by atoms with E-state index in [1.165, 1.54) is 6.07 Å². The van der Waals surface area contributed by atoms with E-state index in [0.717, 1.165) is 16.5 Å². The number of H-pyrrole nitrogens is 1. The number of aromatic amines is 1. The summed E-state index contributed by atoms with van der Waals surface area (Å²) in [5.74, 6) is -1.12. The van der Waals surface area contributed by atoms with Crippen molar-refractivity contribution in [2.45, 2.75) is 0 Å². The SMILES string of the molecule is O=c1oc(C=Cc2c[nH]c3ccccc23)cc(O)c1O. The number of hydrogen-bond acceptors (Lipinski definition) is 4. The standard InChI is InChI=1S/C15H11NO4/c17-13-7-10(20-15(19)14(13)18)6-5-9-8-16-12-4-2-1-3-11(9)12/h1-8,16-18H. The molecule has 0 saturated heterocycles. The van der Waals surface area contributed by atoms with E-state index in [2.05, 4.69) is 4.98 Å². The minimum absolute atomic E-state index is 0.163. The van der Waals surface area contributed by atoms with E-state index in [1.807, 2.05) is 30.5 Å². The van der Waals surface area contributed by atoms with Crippen LogP contribution in [0.4, 0.5) is 0 Å². The molecule has 5 heteroatoms. The van der Waals surface area contributed by atoms with Gasteiger partial charge in [-0.2, -0.15) is 0 Å². The van der Waals surface area contributed by atoms with Crippen LogP contribution in [0.25, 0.3) is 23.1 Å². The summed E-state index contributed by atoms with van der Waals surface area (Å²) in [7, 11) is 0. The zero-order valence-electron chi connectivity index (χ0n) is 10.3. The number of para-hydroxylation sites is 1. The van der Waals surface area contributed by atoms with Crippen molar-refractivity contribution in [2.24, 2.45) is 0 Å². The molecule has 3 rings (SSSR count). The zero-order chi connectivity index (χ0) is 14.1. The molecule has 0 amide bonds.